The van der Waals surface area contributed by atoms with Gasteiger partial charge in [-0.25, -0.2) is 0 Å². The van der Waals surface area contributed by atoms with E-state index < -0.39 is 0 Å². The minimum atomic E-state index is 0.124. The van der Waals surface area contributed by atoms with Crippen LogP contribution in [0.2, 0.25) is 10.0 Å². The standard InChI is InChI=1S/C17H17Cl2N3O2/c1-22-15-6-5-12(7-10(15)3-2-4-16(22)23)24-17-13(18)8-11(21-20)9-14(17)19/h5-9,21H,2-4,20H2,1H3. The Hall–Kier alpha value is -1.95. The van der Waals surface area contributed by atoms with Gasteiger partial charge in [0.2, 0.25) is 5.91 Å². The van der Waals surface area contributed by atoms with Gasteiger partial charge in [-0.1, -0.05) is 23.2 Å². The van der Waals surface area contributed by atoms with Gasteiger partial charge in [0.1, 0.15) is 5.75 Å². The van der Waals surface area contributed by atoms with Crippen molar-refractivity contribution in [3.63, 3.8) is 0 Å². The third kappa shape index (κ3) is 3.29. The van der Waals surface area contributed by atoms with E-state index in [1.165, 1.54) is 0 Å². The SMILES string of the molecule is CN1C(=O)CCCc2cc(Oc3c(Cl)cc(NN)cc3Cl)ccc21. The van der Waals surface area contributed by atoms with Crippen LogP contribution in [0.5, 0.6) is 11.5 Å². The minimum Gasteiger partial charge on any atom is -0.454 e. The van der Waals surface area contributed by atoms with Crippen LogP contribution >= 0.6 is 23.2 Å². The first kappa shape index (κ1) is 16.9. The quantitative estimate of drug-likeness (QED) is 0.625. The van der Waals surface area contributed by atoms with Crippen molar-refractivity contribution in [2.75, 3.05) is 17.4 Å². The van der Waals surface area contributed by atoms with E-state index in [0.29, 0.717) is 33.7 Å². The molecule has 0 aliphatic carbocycles. The van der Waals surface area contributed by atoms with Crippen LogP contribution in [-0.4, -0.2) is 13.0 Å². The lowest BCUT2D eigenvalue weighted by Crippen LogP contribution is -2.24. The summed E-state index contributed by atoms with van der Waals surface area (Å²) in [6.45, 7) is 0. The van der Waals surface area contributed by atoms with Gasteiger partial charge in [-0.05, 0) is 48.7 Å². The number of nitrogens with two attached hydrogens (primary N) is 1. The fraction of sp³-hybridized carbons (Fsp3) is 0.235. The van der Waals surface area contributed by atoms with Gasteiger partial charge in [0.15, 0.2) is 5.75 Å². The number of hydrogen-bond donors (Lipinski definition) is 2. The minimum absolute atomic E-state index is 0.124. The van der Waals surface area contributed by atoms with Gasteiger partial charge in [-0.3, -0.25) is 10.6 Å². The molecule has 126 valence electrons. The van der Waals surface area contributed by atoms with E-state index in [2.05, 4.69) is 5.43 Å². The summed E-state index contributed by atoms with van der Waals surface area (Å²) in [6.07, 6.45) is 2.19. The molecule has 1 heterocycles. The zero-order chi connectivity index (χ0) is 17.3. The molecule has 0 saturated carbocycles. The number of rotatable bonds is 3. The number of amides is 1. The van der Waals surface area contributed by atoms with Gasteiger partial charge in [0.25, 0.3) is 0 Å². The Bertz CT molecular complexity index is 772. The topological polar surface area (TPSA) is 67.6 Å². The smallest absolute Gasteiger partial charge is 0.226 e. The van der Waals surface area contributed by atoms with Crippen LogP contribution < -0.4 is 20.9 Å². The molecule has 7 heteroatoms. The second-order valence-corrected chi connectivity index (χ2v) is 6.43. The lowest BCUT2D eigenvalue weighted by Gasteiger charge is -2.18. The first-order valence-corrected chi connectivity index (χ1v) is 8.28. The van der Waals surface area contributed by atoms with Crippen LogP contribution in [0.4, 0.5) is 11.4 Å². The van der Waals surface area contributed by atoms with Gasteiger partial charge < -0.3 is 15.1 Å². The first-order chi connectivity index (χ1) is 11.5. The van der Waals surface area contributed by atoms with E-state index in [-0.39, 0.29) is 5.91 Å². The fourth-order valence-electron chi connectivity index (χ4n) is 2.74. The van der Waals surface area contributed by atoms with Crippen molar-refractivity contribution in [2.45, 2.75) is 19.3 Å². The van der Waals surface area contributed by atoms with Crippen molar-refractivity contribution in [1.82, 2.24) is 0 Å². The molecular weight excluding hydrogens is 349 g/mol. The monoisotopic (exact) mass is 365 g/mol. The molecule has 1 amide bonds. The third-order valence-electron chi connectivity index (χ3n) is 4.01. The van der Waals surface area contributed by atoms with Crippen molar-refractivity contribution in [3.8, 4) is 11.5 Å². The summed E-state index contributed by atoms with van der Waals surface area (Å²) in [5, 5.41) is 0.718. The van der Waals surface area contributed by atoms with Gasteiger partial charge in [0, 0.05) is 19.2 Å². The molecular formula is C17H17Cl2N3O2. The molecule has 2 aromatic rings. The van der Waals surface area contributed by atoms with E-state index >= 15 is 0 Å². The molecule has 0 atom stereocenters. The maximum absolute atomic E-state index is 11.9. The highest BCUT2D eigenvalue weighted by Crippen LogP contribution is 2.40. The normalized spacial score (nSPS) is 14.2. The number of hydrazine groups is 1. The van der Waals surface area contributed by atoms with Crippen LogP contribution in [-0.2, 0) is 11.2 Å². The highest BCUT2D eigenvalue weighted by Gasteiger charge is 2.19. The van der Waals surface area contributed by atoms with Crippen molar-refractivity contribution in [1.29, 1.82) is 0 Å². The average Bonchev–Trinajstić information content (AvgIpc) is 2.70. The summed E-state index contributed by atoms with van der Waals surface area (Å²) < 4.78 is 5.87. The molecule has 3 N–H and O–H groups in total. The van der Waals surface area contributed by atoms with Crippen LogP contribution in [0.25, 0.3) is 0 Å². The summed E-state index contributed by atoms with van der Waals surface area (Å²) in [5.74, 6) is 6.48. The molecule has 0 fully saturated rings. The van der Waals surface area contributed by atoms with E-state index in [1.807, 2.05) is 12.1 Å². The van der Waals surface area contributed by atoms with E-state index in [0.717, 1.165) is 24.1 Å². The lowest BCUT2D eigenvalue weighted by atomic mass is 10.1. The number of nitrogen functional groups attached to an aromatic ring is 1. The molecule has 0 radical (unpaired) electrons. The Morgan fingerprint density at radius 3 is 2.54 bits per heavy atom. The van der Waals surface area contributed by atoms with E-state index in [1.54, 1.807) is 30.1 Å². The highest BCUT2D eigenvalue weighted by molar-refractivity contribution is 6.37. The number of carbonyl (C=O) groups is 1. The fourth-order valence-corrected chi connectivity index (χ4v) is 3.31. The Morgan fingerprint density at radius 2 is 1.88 bits per heavy atom. The van der Waals surface area contributed by atoms with Crippen LogP contribution in [0.3, 0.4) is 0 Å². The largest absolute Gasteiger partial charge is 0.454 e. The zero-order valence-electron chi connectivity index (χ0n) is 13.1. The average molecular weight is 366 g/mol. The van der Waals surface area contributed by atoms with Gasteiger partial charge in [-0.15, -0.1) is 0 Å². The maximum atomic E-state index is 11.9. The molecule has 0 bridgehead atoms. The molecule has 0 saturated heterocycles. The Balaban J connectivity index is 1.93. The lowest BCUT2D eigenvalue weighted by molar-refractivity contribution is -0.118. The Kier molecular flexibility index (Phi) is 4.85. The molecule has 0 unspecified atom stereocenters. The second-order valence-electron chi connectivity index (χ2n) is 5.61. The van der Waals surface area contributed by atoms with Gasteiger partial charge in [0.05, 0.1) is 15.7 Å². The highest BCUT2D eigenvalue weighted by atomic mass is 35.5. The summed E-state index contributed by atoms with van der Waals surface area (Å²) in [6, 6.07) is 8.88. The Labute approximate surface area is 150 Å². The maximum Gasteiger partial charge on any atom is 0.226 e. The summed E-state index contributed by atoms with van der Waals surface area (Å²) >= 11 is 12.4. The molecule has 0 spiro atoms. The molecule has 5 nitrogen and oxygen atoms in total. The molecule has 2 aromatic carbocycles. The molecule has 24 heavy (non-hydrogen) atoms. The number of nitrogens with zero attached hydrogens (tertiary/aromatic N) is 1. The number of anilines is 2. The summed E-state index contributed by atoms with van der Waals surface area (Å²) in [4.78, 5) is 13.6. The number of nitrogens with one attached hydrogen (secondary N) is 1. The molecule has 1 aliphatic rings. The predicted molar refractivity (Wildman–Crippen MR) is 97.1 cm³/mol. The predicted octanol–water partition coefficient (Wildman–Crippen LogP) is 4.37. The Morgan fingerprint density at radius 1 is 1.17 bits per heavy atom. The number of fused-ring (bicyclic) bond motifs is 1. The number of ether oxygens (including phenoxy) is 1. The summed E-state index contributed by atoms with van der Waals surface area (Å²) in [5.41, 5.74) is 5.06. The van der Waals surface area contributed by atoms with Crippen molar-refractivity contribution in [3.05, 3.63) is 45.9 Å². The first-order valence-electron chi connectivity index (χ1n) is 7.52. The van der Waals surface area contributed by atoms with Crippen molar-refractivity contribution in [2.24, 2.45) is 5.84 Å². The van der Waals surface area contributed by atoms with Gasteiger partial charge >= 0.3 is 0 Å². The molecule has 0 aromatic heterocycles. The number of benzene rings is 2. The van der Waals surface area contributed by atoms with Gasteiger partial charge in [-0.2, -0.15) is 0 Å². The number of carbonyl (C=O) groups excluding carboxylic acids is 1. The van der Waals surface area contributed by atoms with Crippen LogP contribution in [0, 0.1) is 0 Å². The van der Waals surface area contributed by atoms with E-state index in [9.17, 15) is 4.79 Å². The number of aryl methyl sites for hydroxylation is 1. The van der Waals surface area contributed by atoms with E-state index in [4.69, 9.17) is 33.8 Å². The van der Waals surface area contributed by atoms with Crippen molar-refractivity contribution < 1.29 is 9.53 Å². The number of halogens is 2. The molecule has 1 aliphatic heterocycles. The van der Waals surface area contributed by atoms with Crippen molar-refractivity contribution >= 4 is 40.5 Å². The molecule has 3 rings (SSSR count). The number of hydrogen-bond acceptors (Lipinski definition) is 4. The second kappa shape index (κ2) is 6.89. The third-order valence-corrected chi connectivity index (χ3v) is 4.57. The van der Waals surface area contributed by atoms with Crippen LogP contribution in [0.15, 0.2) is 30.3 Å². The summed E-state index contributed by atoms with van der Waals surface area (Å²) in [7, 11) is 1.79. The zero-order valence-corrected chi connectivity index (χ0v) is 14.6. The van der Waals surface area contributed by atoms with Crippen LogP contribution in [0.1, 0.15) is 18.4 Å².